The Hall–Kier alpha value is 0.270. The van der Waals surface area contributed by atoms with Gasteiger partial charge in [-0.05, 0) is 26.0 Å². The van der Waals surface area contributed by atoms with Crippen molar-refractivity contribution >= 4 is 11.8 Å². The van der Waals surface area contributed by atoms with Crippen molar-refractivity contribution in [1.82, 2.24) is 5.32 Å². The molecule has 0 radical (unpaired) electrons. The Kier molecular flexibility index (Phi) is 6.82. The maximum atomic E-state index is 9.98. The van der Waals surface area contributed by atoms with Crippen LogP contribution in [0.25, 0.3) is 0 Å². The van der Waals surface area contributed by atoms with Crippen LogP contribution in [-0.2, 0) is 0 Å². The fraction of sp³-hybridized carbons (Fsp3) is 1.00. The summed E-state index contributed by atoms with van der Waals surface area (Å²) >= 11 is 1.83. The van der Waals surface area contributed by atoms with Crippen LogP contribution in [0.15, 0.2) is 0 Å². The maximum absolute atomic E-state index is 9.98. The van der Waals surface area contributed by atoms with Crippen LogP contribution in [0.2, 0.25) is 0 Å². The molecule has 0 fully saturated rings. The Balaban J connectivity index is 3.71. The molecule has 0 saturated heterocycles. The van der Waals surface area contributed by atoms with Crippen molar-refractivity contribution < 1.29 is 5.11 Å². The van der Waals surface area contributed by atoms with Gasteiger partial charge < -0.3 is 10.4 Å². The van der Waals surface area contributed by atoms with E-state index in [0.29, 0.717) is 12.6 Å². The SMILES string of the molecule is CCC(O)(CC)CNC(C)CSC. The maximum Gasteiger partial charge on any atom is 0.0766 e. The largest absolute Gasteiger partial charge is 0.389 e. The van der Waals surface area contributed by atoms with E-state index in [2.05, 4.69) is 18.5 Å². The molecule has 0 aromatic heterocycles. The second-order valence-corrected chi connectivity index (χ2v) is 4.58. The summed E-state index contributed by atoms with van der Waals surface area (Å²) in [7, 11) is 0. The van der Waals surface area contributed by atoms with Crippen LogP contribution in [0.5, 0.6) is 0 Å². The number of nitrogens with one attached hydrogen (secondary N) is 1. The highest BCUT2D eigenvalue weighted by molar-refractivity contribution is 7.98. The second-order valence-electron chi connectivity index (χ2n) is 3.67. The van der Waals surface area contributed by atoms with Crippen LogP contribution in [0.3, 0.4) is 0 Å². The van der Waals surface area contributed by atoms with Crippen LogP contribution in [0.4, 0.5) is 0 Å². The molecule has 0 saturated carbocycles. The van der Waals surface area contributed by atoms with Gasteiger partial charge in [0.1, 0.15) is 0 Å². The molecule has 80 valence electrons. The first kappa shape index (κ1) is 13.3. The van der Waals surface area contributed by atoms with Gasteiger partial charge in [-0.2, -0.15) is 11.8 Å². The van der Waals surface area contributed by atoms with Gasteiger partial charge in [0.2, 0.25) is 0 Å². The summed E-state index contributed by atoms with van der Waals surface area (Å²) in [6, 6.07) is 0.486. The van der Waals surface area contributed by atoms with Gasteiger partial charge in [0, 0.05) is 18.3 Å². The number of hydrogen-bond acceptors (Lipinski definition) is 3. The van der Waals surface area contributed by atoms with Gasteiger partial charge >= 0.3 is 0 Å². The molecule has 2 N–H and O–H groups in total. The molecule has 0 rings (SSSR count). The fourth-order valence-corrected chi connectivity index (χ4v) is 1.79. The summed E-state index contributed by atoms with van der Waals surface area (Å²) in [6.07, 6.45) is 3.75. The van der Waals surface area contributed by atoms with E-state index in [9.17, 15) is 5.11 Å². The Labute approximate surface area is 86.5 Å². The minimum Gasteiger partial charge on any atom is -0.389 e. The molecule has 0 aliphatic heterocycles. The molecule has 1 unspecified atom stereocenters. The highest BCUT2D eigenvalue weighted by Gasteiger charge is 2.21. The van der Waals surface area contributed by atoms with Gasteiger partial charge in [-0.15, -0.1) is 0 Å². The summed E-state index contributed by atoms with van der Waals surface area (Å²) in [6.45, 7) is 6.93. The summed E-state index contributed by atoms with van der Waals surface area (Å²) in [5, 5.41) is 13.3. The summed E-state index contributed by atoms with van der Waals surface area (Å²) < 4.78 is 0. The highest BCUT2D eigenvalue weighted by Crippen LogP contribution is 2.13. The Bertz CT molecular complexity index is 126. The monoisotopic (exact) mass is 205 g/mol. The smallest absolute Gasteiger partial charge is 0.0766 e. The molecule has 3 heteroatoms. The normalized spacial score (nSPS) is 14.5. The molecule has 0 heterocycles. The van der Waals surface area contributed by atoms with Gasteiger partial charge in [0.15, 0.2) is 0 Å². The van der Waals surface area contributed by atoms with E-state index < -0.39 is 5.60 Å². The predicted molar refractivity (Wildman–Crippen MR) is 61.4 cm³/mol. The van der Waals surface area contributed by atoms with E-state index in [1.807, 2.05) is 25.6 Å². The summed E-state index contributed by atoms with van der Waals surface area (Å²) in [5.74, 6) is 1.10. The molecule has 0 amide bonds. The Morgan fingerprint density at radius 2 is 1.92 bits per heavy atom. The average molecular weight is 205 g/mol. The first-order chi connectivity index (χ1) is 6.08. The van der Waals surface area contributed by atoms with Gasteiger partial charge in [0.05, 0.1) is 5.60 Å². The first-order valence-corrected chi connectivity index (χ1v) is 6.42. The lowest BCUT2D eigenvalue weighted by atomic mass is 9.97. The molecule has 0 aliphatic carbocycles. The lowest BCUT2D eigenvalue weighted by Gasteiger charge is -2.27. The van der Waals surface area contributed by atoms with Crippen LogP contribution in [0, 0.1) is 0 Å². The number of rotatable bonds is 7. The zero-order valence-corrected chi connectivity index (χ0v) is 10.1. The number of hydrogen-bond donors (Lipinski definition) is 2. The van der Waals surface area contributed by atoms with Crippen molar-refractivity contribution in [2.24, 2.45) is 0 Å². The third kappa shape index (κ3) is 5.55. The van der Waals surface area contributed by atoms with Crippen LogP contribution >= 0.6 is 11.8 Å². The van der Waals surface area contributed by atoms with Crippen molar-refractivity contribution in [3.8, 4) is 0 Å². The Morgan fingerprint density at radius 3 is 2.31 bits per heavy atom. The molecule has 13 heavy (non-hydrogen) atoms. The fourth-order valence-electron chi connectivity index (χ4n) is 1.17. The quantitative estimate of drug-likeness (QED) is 0.665. The minimum absolute atomic E-state index is 0.486. The zero-order valence-electron chi connectivity index (χ0n) is 9.26. The highest BCUT2D eigenvalue weighted by atomic mass is 32.2. The van der Waals surface area contributed by atoms with E-state index in [1.165, 1.54) is 0 Å². The van der Waals surface area contributed by atoms with Crippen molar-refractivity contribution in [1.29, 1.82) is 0 Å². The molecule has 0 bridgehead atoms. The standard InChI is InChI=1S/C10H23NOS/c1-5-10(12,6-2)8-11-9(3)7-13-4/h9,11-12H,5-8H2,1-4H3. The number of thioether (sulfide) groups is 1. The molecule has 0 aliphatic rings. The second kappa shape index (κ2) is 6.68. The molecular formula is C10H23NOS. The molecule has 2 nitrogen and oxygen atoms in total. The molecule has 1 atom stereocenters. The van der Waals surface area contributed by atoms with Crippen molar-refractivity contribution in [3.63, 3.8) is 0 Å². The summed E-state index contributed by atoms with van der Waals surface area (Å²) in [4.78, 5) is 0. The van der Waals surface area contributed by atoms with Gasteiger partial charge in [-0.3, -0.25) is 0 Å². The third-order valence-corrected chi connectivity index (χ3v) is 3.35. The Morgan fingerprint density at radius 1 is 1.38 bits per heavy atom. The van der Waals surface area contributed by atoms with Gasteiger partial charge in [-0.1, -0.05) is 13.8 Å². The first-order valence-electron chi connectivity index (χ1n) is 5.02. The molecule has 0 aromatic carbocycles. The van der Waals surface area contributed by atoms with E-state index in [4.69, 9.17) is 0 Å². The lowest BCUT2D eigenvalue weighted by molar-refractivity contribution is 0.0309. The number of aliphatic hydroxyl groups is 1. The third-order valence-electron chi connectivity index (χ3n) is 2.51. The van der Waals surface area contributed by atoms with E-state index in [1.54, 1.807) is 0 Å². The molecule has 0 spiro atoms. The van der Waals surface area contributed by atoms with Crippen LogP contribution < -0.4 is 5.32 Å². The zero-order chi connectivity index (χ0) is 10.3. The van der Waals surface area contributed by atoms with Crippen molar-refractivity contribution in [3.05, 3.63) is 0 Å². The van der Waals surface area contributed by atoms with Crippen molar-refractivity contribution in [2.45, 2.75) is 45.3 Å². The van der Waals surface area contributed by atoms with Crippen LogP contribution in [-0.4, -0.2) is 35.3 Å². The lowest BCUT2D eigenvalue weighted by Crippen LogP contribution is -2.43. The molecular weight excluding hydrogens is 182 g/mol. The topological polar surface area (TPSA) is 32.3 Å². The van der Waals surface area contributed by atoms with Crippen LogP contribution in [0.1, 0.15) is 33.6 Å². The van der Waals surface area contributed by atoms with E-state index in [-0.39, 0.29) is 0 Å². The van der Waals surface area contributed by atoms with E-state index in [0.717, 1.165) is 18.6 Å². The predicted octanol–water partition coefficient (Wildman–Crippen LogP) is 1.88. The molecule has 0 aromatic rings. The average Bonchev–Trinajstić information content (AvgIpc) is 2.15. The van der Waals surface area contributed by atoms with E-state index >= 15 is 0 Å². The van der Waals surface area contributed by atoms with Gasteiger partial charge in [0.25, 0.3) is 0 Å². The summed E-state index contributed by atoms with van der Waals surface area (Å²) in [5.41, 5.74) is -0.507. The van der Waals surface area contributed by atoms with Gasteiger partial charge in [-0.25, -0.2) is 0 Å². The minimum atomic E-state index is -0.507. The van der Waals surface area contributed by atoms with Crippen molar-refractivity contribution in [2.75, 3.05) is 18.6 Å².